The third kappa shape index (κ3) is 2.03. The molecule has 1 N–H and O–H groups in total. The average molecular weight is 265 g/mol. The smallest absolute Gasteiger partial charge is 0.0670 e. The molecule has 1 aliphatic heterocycles. The van der Waals surface area contributed by atoms with Gasteiger partial charge >= 0.3 is 0 Å². The molecule has 2 heterocycles. The normalized spacial score (nSPS) is 21.1. The molecule has 18 heavy (non-hydrogen) atoms. The van der Waals surface area contributed by atoms with Crippen molar-refractivity contribution >= 4 is 22.5 Å². The summed E-state index contributed by atoms with van der Waals surface area (Å²) in [7, 11) is 2.04. The Morgan fingerprint density at radius 1 is 1.44 bits per heavy atom. The minimum atomic E-state index is 0.259. The minimum Gasteiger partial charge on any atom is -0.379 e. The summed E-state index contributed by atoms with van der Waals surface area (Å²) in [5, 5.41) is 5.56. The minimum absolute atomic E-state index is 0.259. The van der Waals surface area contributed by atoms with Gasteiger partial charge < -0.3 is 14.6 Å². The summed E-state index contributed by atoms with van der Waals surface area (Å²) in [6.45, 7) is 2.57. The summed E-state index contributed by atoms with van der Waals surface area (Å²) in [4.78, 5) is 0. The molecular weight excluding hydrogens is 248 g/mol. The number of halogens is 1. The molecule has 3 nitrogen and oxygen atoms in total. The summed E-state index contributed by atoms with van der Waals surface area (Å²) in [6.07, 6.45) is 3.23. The van der Waals surface area contributed by atoms with Crippen LogP contribution in [0.15, 0.2) is 24.4 Å². The molecule has 1 atom stereocenters. The van der Waals surface area contributed by atoms with Crippen molar-refractivity contribution in [1.29, 1.82) is 0 Å². The Morgan fingerprint density at radius 3 is 3.22 bits per heavy atom. The van der Waals surface area contributed by atoms with Gasteiger partial charge in [-0.2, -0.15) is 0 Å². The summed E-state index contributed by atoms with van der Waals surface area (Å²) in [6, 6.07) is 6.33. The third-order valence-electron chi connectivity index (χ3n) is 3.50. The van der Waals surface area contributed by atoms with Gasteiger partial charge in [-0.25, -0.2) is 0 Å². The average Bonchev–Trinajstić information content (AvgIpc) is 2.56. The standard InChI is InChI=1S/C14H17ClN2O/c1-17-8-11(13-9-18-7-3-6-16-13)10-4-2-5-12(15)14(10)17/h2,4-5,8,13,16H,3,6-7,9H2,1H3. The van der Waals surface area contributed by atoms with Crippen molar-refractivity contribution in [2.45, 2.75) is 12.5 Å². The van der Waals surface area contributed by atoms with Gasteiger partial charge in [-0.05, 0) is 24.6 Å². The number of hydrogen-bond donors (Lipinski definition) is 1. The molecule has 3 rings (SSSR count). The maximum atomic E-state index is 6.27. The van der Waals surface area contributed by atoms with Gasteiger partial charge in [0.2, 0.25) is 0 Å². The molecular formula is C14H17ClN2O. The first-order chi connectivity index (χ1) is 8.77. The molecule has 1 aromatic carbocycles. The van der Waals surface area contributed by atoms with Crippen LogP contribution in [-0.4, -0.2) is 24.3 Å². The number of para-hydroxylation sites is 1. The second-order valence-electron chi connectivity index (χ2n) is 4.77. The maximum absolute atomic E-state index is 6.27. The highest BCUT2D eigenvalue weighted by atomic mass is 35.5. The number of nitrogens with zero attached hydrogens (tertiary/aromatic N) is 1. The summed E-state index contributed by atoms with van der Waals surface area (Å²) in [5.74, 6) is 0. The van der Waals surface area contributed by atoms with Crippen LogP contribution >= 0.6 is 11.6 Å². The zero-order valence-corrected chi connectivity index (χ0v) is 11.2. The molecule has 1 unspecified atom stereocenters. The Hall–Kier alpha value is -1.03. The molecule has 4 heteroatoms. The highest BCUT2D eigenvalue weighted by Gasteiger charge is 2.19. The Kier molecular flexibility index (Phi) is 3.29. The lowest BCUT2D eigenvalue weighted by atomic mass is 10.1. The van der Waals surface area contributed by atoms with Gasteiger partial charge in [-0.1, -0.05) is 23.7 Å². The fraction of sp³-hybridized carbons (Fsp3) is 0.429. The second-order valence-corrected chi connectivity index (χ2v) is 5.17. The molecule has 1 saturated heterocycles. The lowest BCUT2D eigenvalue weighted by Gasteiger charge is -2.14. The predicted octanol–water partition coefficient (Wildman–Crippen LogP) is 2.88. The van der Waals surface area contributed by atoms with Crippen LogP contribution in [0.1, 0.15) is 18.0 Å². The van der Waals surface area contributed by atoms with E-state index in [9.17, 15) is 0 Å². The van der Waals surface area contributed by atoms with Gasteiger partial charge in [-0.15, -0.1) is 0 Å². The van der Waals surface area contributed by atoms with E-state index in [0.29, 0.717) is 0 Å². The number of aryl methyl sites for hydroxylation is 1. The summed E-state index contributed by atoms with van der Waals surface area (Å²) >= 11 is 6.27. The van der Waals surface area contributed by atoms with Crippen molar-refractivity contribution in [3.63, 3.8) is 0 Å². The van der Waals surface area contributed by atoms with Gasteiger partial charge in [0, 0.05) is 25.2 Å². The van der Waals surface area contributed by atoms with Gasteiger partial charge in [0.25, 0.3) is 0 Å². The summed E-state index contributed by atoms with van der Waals surface area (Å²) in [5.41, 5.74) is 2.37. The van der Waals surface area contributed by atoms with Gasteiger partial charge in [-0.3, -0.25) is 0 Å². The van der Waals surface area contributed by atoms with Crippen LogP contribution in [0, 0.1) is 0 Å². The Balaban J connectivity index is 2.08. The van der Waals surface area contributed by atoms with E-state index in [1.165, 1.54) is 10.9 Å². The van der Waals surface area contributed by atoms with E-state index in [2.05, 4.69) is 22.1 Å². The molecule has 0 spiro atoms. The molecule has 96 valence electrons. The van der Waals surface area contributed by atoms with Crippen molar-refractivity contribution in [3.05, 3.63) is 35.0 Å². The van der Waals surface area contributed by atoms with Gasteiger partial charge in [0.15, 0.2) is 0 Å². The topological polar surface area (TPSA) is 26.2 Å². The van der Waals surface area contributed by atoms with Gasteiger partial charge in [0.05, 0.1) is 23.2 Å². The van der Waals surface area contributed by atoms with Crippen LogP contribution in [0.3, 0.4) is 0 Å². The van der Waals surface area contributed by atoms with Crippen molar-refractivity contribution < 1.29 is 4.74 Å². The van der Waals surface area contributed by atoms with E-state index in [1.54, 1.807) is 0 Å². The molecule has 2 aromatic rings. The van der Waals surface area contributed by atoms with Crippen LogP contribution in [-0.2, 0) is 11.8 Å². The molecule has 1 aromatic heterocycles. The Labute approximate surface area is 112 Å². The fourth-order valence-electron chi connectivity index (χ4n) is 2.64. The molecule has 0 aliphatic carbocycles. The Morgan fingerprint density at radius 2 is 2.33 bits per heavy atom. The van der Waals surface area contributed by atoms with E-state index in [1.807, 2.05) is 19.2 Å². The van der Waals surface area contributed by atoms with Crippen LogP contribution in [0.4, 0.5) is 0 Å². The number of aromatic nitrogens is 1. The number of ether oxygens (including phenoxy) is 1. The highest BCUT2D eigenvalue weighted by Crippen LogP contribution is 2.31. The zero-order chi connectivity index (χ0) is 12.5. The molecule has 1 fully saturated rings. The van der Waals surface area contributed by atoms with E-state index in [0.717, 1.165) is 36.7 Å². The first kappa shape index (κ1) is 12.0. The van der Waals surface area contributed by atoms with E-state index in [-0.39, 0.29) is 6.04 Å². The van der Waals surface area contributed by atoms with Crippen molar-refractivity contribution in [1.82, 2.24) is 9.88 Å². The first-order valence-corrected chi connectivity index (χ1v) is 6.70. The largest absolute Gasteiger partial charge is 0.379 e. The van der Waals surface area contributed by atoms with Crippen molar-refractivity contribution in [2.24, 2.45) is 7.05 Å². The number of nitrogens with one attached hydrogen (secondary N) is 1. The van der Waals surface area contributed by atoms with Crippen molar-refractivity contribution in [2.75, 3.05) is 19.8 Å². The number of benzene rings is 1. The van der Waals surface area contributed by atoms with E-state index in [4.69, 9.17) is 16.3 Å². The summed E-state index contributed by atoms with van der Waals surface area (Å²) < 4.78 is 7.74. The van der Waals surface area contributed by atoms with E-state index < -0.39 is 0 Å². The highest BCUT2D eigenvalue weighted by molar-refractivity contribution is 6.35. The zero-order valence-electron chi connectivity index (χ0n) is 10.4. The molecule has 0 amide bonds. The first-order valence-electron chi connectivity index (χ1n) is 6.32. The molecule has 0 saturated carbocycles. The maximum Gasteiger partial charge on any atom is 0.0670 e. The Bertz CT molecular complexity index is 556. The molecule has 0 bridgehead atoms. The quantitative estimate of drug-likeness (QED) is 0.857. The third-order valence-corrected chi connectivity index (χ3v) is 3.80. The molecule has 0 radical (unpaired) electrons. The van der Waals surface area contributed by atoms with Gasteiger partial charge in [0.1, 0.15) is 0 Å². The van der Waals surface area contributed by atoms with E-state index >= 15 is 0 Å². The lowest BCUT2D eigenvalue weighted by Crippen LogP contribution is -2.23. The lowest BCUT2D eigenvalue weighted by molar-refractivity contribution is 0.132. The van der Waals surface area contributed by atoms with Crippen molar-refractivity contribution in [3.8, 4) is 0 Å². The fourth-order valence-corrected chi connectivity index (χ4v) is 2.95. The van der Waals surface area contributed by atoms with Crippen LogP contribution in [0.2, 0.25) is 5.02 Å². The van der Waals surface area contributed by atoms with Crippen LogP contribution in [0.5, 0.6) is 0 Å². The SMILES string of the molecule is Cn1cc(C2COCCCN2)c2cccc(Cl)c21. The van der Waals surface area contributed by atoms with Crippen LogP contribution in [0.25, 0.3) is 10.9 Å². The van der Waals surface area contributed by atoms with Crippen LogP contribution < -0.4 is 5.32 Å². The molecule has 1 aliphatic rings. The number of hydrogen-bond acceptors (Lipinski definition) is 2. The predicted molar refractivity (Wildman–Crippen MR) is 74.1 cm³/mol. The number of rotatable bonds is 1. The monoisotopic (exact) mass is 264 g/mol. The second kappa shape index (κ2) is 4.92. The number of fused-ring (bicyclic) bond motifs is 1.